The standard InChI is InChI=1S/C24H24F2N2O3/c25-20-5-3-4-17(24(20)26)7-8-18-13-22(29)19-9-6-16(14-27-10-1-2-11-27)12-21(19)28(18)15-23(30)31/h3-6,9,12-13H,1-2,7-8,10-11,14-15H2,(H,30,31). The van der Waals surface area contributed by atoms with Crippen molar-refractivity contribution in [2.75, 3.05) is 13.1 Å². The van der Waals surface area contributed by atoms with Crippen LogP contribution < -0.4 is 5.43 Å². The van der Waals surface area contributed by atoms with Crippen molar-refractivity contribution in [2.45, 2.75) is 38.8 Å². The maximum atomic E-state index is 14.1. The molecule has 0 atom stereocenters. The fourth-order valence-corrected chi connectivity index (χ4v) is 4.30. The van der Waals surface area contributed by atoms with Gasteiger partial charge in [0.15, 0.2) is 17.1 Å². The van der Waals surface area contributed by atoms with Gasteiger partial charge in [-0.3, -0.25) is 14.5 Å². The summed E-state index contributed by atoms with van der Waals surface area (Å²) in [5, 5.41) is 9.92. The maximum Gasteiger partial charge on any atom is 0.323 e. The molecule has 7 heteroatoms. The summed E-state index contributed by atoms with van der Waals surface area (Å²) in [5.41, 5.74) is 2.04. The van der Waals surface area contributed by atoms with Crippen LogP contribution in [0.2, 0.25) is 0 Å². The van der Waals surface area contributed by atoms with E-state index >= 15 is 0 Å². The van der Waals surface area contributed by atoms with Crippen LogP contribution in [0.4, 0.5) is 8.78 Å². The van der Waals surface area contributed by atoms with Gasteiger partial charge in [0.25, 0.3) is 0 Å². The number of benzene rings is 2. The largest absolute Gasteiger partial charge is 0.480 e. The summed E-state index contributed by atoms with van der Waals surface area (Å²) < 4.78 is 29.2. The van der Waals surface area contributed by atoms with Crippen molar-refractivity contribution >= 4 is 16.9 Å². The number of carboxylic acids is 1. The second-order valence-electron chi connectivity index (χ2n) is 8.03. The van der Waals surface area contributed by atoms with E-state index < -0.39 is 17.6 Å². The first-order valence-electron chi connectivity index (χ1n) is 10.4. The molecule has 2 aromatic carbocycles. The molecule has 0 amide bonds. The molecule has 0 spiro atoms. The Balaban J connectivity index is 1.73. The summed E-state index contributed by atoms with van der Waals surface area (Å²) in [6.07, 6.45) is 2.70. The number of nitrogens with zero attached hydrogens (tertiary/aromatic N) is 2. The van der Waals surface area contributed by atoms with Crippen molar-refractivity contribution in [1.82, 2.24) is 9.47 Å². The average molecular weight is 426 g/mol. The SMILES string of the molecule is O=C(O)Cn1c(CCc2cccc(F)c2F)cc(=O)c2ccc(CN3CCCC3)cc21. The number of fused-ring (bicyclic) bond motifs is 1. The molecule has 0 bridgehead atoms. The monoisotopic (exact) mass is 426 g/mol. The molecule has 0 saturated carbocycles. The van der Waals surface area contributed by atoms with Gasteiger partial charge in [0.2, 0.25) is 0 Å². The van der Waals surface area contributed by atoms with Crippen molar-refractivity contribution in [3.8, 4) is 0 Å². The smallest absolute Gasteiger partial charge is 0.323 e. The number of aliphatic carboxylic acids is 1. The third kappa shape index (κ3) is 4.66. The van der Waals surface area contributed by atoms with E-state index in [1.807, 2.05) is 12.1 Å². The van der Waals surface area contributed by atoms with Crippen LogP contribution in [0, 0.1) is 11.6 Å². The third-order valence-electron chi connectivity index (χ3n) is 5.84. The van der Waals surface area contributed by atoms with E-state index in [4.69, 9.17) is 0 Å². The number of likely N-dealkylation sites (tertiary alicyclic amines) is 1. The number of aromatic nitrogens is 1. The summed E-state index contributed by atoms with van der Waals surface area (Å²) in [6, 6.07) is 10.9. The van der Waals surface area contributed by atoms with Crippen molar-refractivity contribution in [3.63, 3.8) is 0 Å². The Morgan fingerprint density at radius 1 is 1.03 bits per heavy atom. The van der Waals surface area contributed by atoms with Crippen LogP contribution in [0.15, 0.2) is 47.3 Å². The Hall–Kier alpha value is -3.06. The lowest BCUT2D eigenvalue weighted by Crippen LogP contribution is -2.21. The van der Waals surface area contributed by atoms with Crippen LogP contribution in [-0.2, 0) is 30.7 Å². The van der Waals surface area contributed by atoms with Crippen LogP contribution in [0.3, 0.4) is 0 Å². The quantitative estimate of drug-likeness (QED) is 0.625. The molecule has 0 aliphatic carbocycles. The first-order valence-corrected chi connectivity index (χ1v) is 10.4. The lowest BCUT2D eigenvalue weighted by Gasteiger charge is -2.18. The van der Waals surface area contributed by atoms with Gasteiger partial charge in [-0.1, -0.05) is 18.2 Å². The fraction of sp³-hybridized carbons (Fsp3) is 0.333. The normalized spacial score (nSPS) is 14.4. The Labute approximate surface area is 178 Å². The molecule has 5 nitrogen and oxygen atoms in total. The lowest BCUT2D eigenvalue weighted by molar-refractivity contribution is -0.137. The summed E-state index contributed by atoms with van der Waals surface area (Å²) in [6.45, 7) is 2.49. The minimum absolute atomic E-state index is 0.154. The van der Waals surface area contributed by atoms with Gasteiger partial charge in [0.1, 0.15) is 6.54 Å². The minimum atomic E-state index is -1.03. The molecule has 4 rings (SSSR count). The summed E-state index contributed by atoms with van der Waals surface area (Å²) in [4.78, 5) is 26.6. The van der Waals surface area contributed by atoms with Crippen molar-refractivity contribution in [1.29, 1.82) is 0 Å². The molecular weight excluding hydrogens is 402 g/mol. The molecule has 0 radical (unpaired) electrons. The number of carboxylic acid groups (broad SMARTS) is 1. The molecule has 162 valence electrons. The van der Waals surface area contributed by atoms with Gasteiger partial charge in [0, 0.05) is 23.7 Å². The van der Waals surface area contributed by atoms with E-state index in [0.29, 0.717) is 16.6 Å². The van der Waals surface area contributed by atoms with Crippen molar-refractivity contribution in [2.24, 2.45) is 0 Å². The third-order valence-corrected chi connectivity index (χ3v) is 5.84. The number of hydrogen-bond acceptors (Lipinski definition) is 3. The molecule has 1 aromatic heterocycles. The zero-order valence-electron chi connectivity index (χ0n) is 17.1. The number of carbonyl (C=O) groups is 1. The highest BCUT2D eigenvalue weighted by Crippen LogP contribution is 2.21. The van der Waals surface area contributed by atoms with E-state index in [1.54, 1.807) is 10.6 Å². The predicted octanol–water partition coefficient (Wildman–Crippen LogP) is 3.75. The Morgan fingerprint density at radius 2 is 1.81 bits per heavy atom. The first kappa shape index (κ1) is 21.2. The second-order valence-corrected chi connectivity index (χ2v) is 8.03. The molecular formula is C24H24F2N2O3. The second kappa shape index (κ2) is 8.98. The molecule has 1 N–H and O–H groups in total. The van der Waals surface area contributed by atoms with Crippen LogP contribution in [0.5, 0.6) is 0 Å². The van der Waals surface area contributed by atoms with E-state index in [2.05, 4.69) is 4.90 Å². The van der Waals surface area contributed by atoms with Gasteiger partial charge >= 0.3 is 5.97 Å². The molecule has 2 heterocycles. The molecule has 1 saturated heterocycles. The molecule has 31 heavy (non-hydrogen) atoms. The Morgan fingerprint density at radius 3 is 2.55 bits per heavy atom. The van der Waals surface area contributed by atoms with E-state index in [9.17, 15) is 23.5 Å². The number of hydrogen-bond donors (Lipinski definition) is 1. The number of rotatable bonds is 7. The van der Waals surface area contributed by atoms with Crippen LogP contribution in [-0.4, -0.2) is 33.6 Å². The van der Waals surface area contributed by atoms with Gasteiger partial charge in [-0.15, -0.1) is 0 Å². The van der Waals surface area contributed by atoms with Gasteiger partial charge < -0.3 is 9.67 Å². The van der Waals surface area contributed by atoms with Crippen LogP contribution in [0.1, 0.15) is 29.7 Å². The average Bonchev–Trinajstić information content (AvgIpc) is 3.24. The highest BCUT2D eigenvalue weighted by molar-refractivity contribution is 5.81. The van der Waals surface area contributed by atoms with Gasteiger partial charge in [0.05, 0.1) is 5.52 Å². The zero-order chi connectivity index (χ0) is 22.0. The summed E-state index contributed by atoms with van der Waals surface area (Å²) >= 11 is 0. The van der Waals surface area contributed by atoms with E-state index in [1.165, 1.54) is 18.2 Å². The molecule has 1 aliphatic heterocycles. The molecule has 0 unspecified atom stereocenters. The first-order chi connectivity index (χ1) is 14.9. The predicted molar refractivity (Wildman–Crippen MR) is 114 cm³/mol. The zero-order valence-corrected chi connectivity index (χ0v) is 17.1. The summed E-state index contributed by atoms with van der Waals surface area (Å²) in [7, 11) is 0. The molecule has 3 aromatic rings. The topological polar surface area (TPSA) is 62.5 Å². The van der Waals surface area contributed by atoms with E-state index in [0.717, 1.165) is 44.1 Å². The number of aryl methyl sites for hydroxylation is 2. The highest BCUT2D eigenvalue weighted by atomic mass is 19.2. The maximum absolute atomic E-state index is 14.1. The van der Waals surface area contributed by atoms with Gasteiger partial charge in [-0.05, 0) is 68.1 Å². The number of halogens is 2. The number of pyridine rings is 1. The van der Waals surface area contributed by atoms with Crippen molar-refractivity contribution < 1.29 is 18.7 Å². The summed E-state index contributed by atoms with van der Waals surface area (Å²) in [5.74, 6) is -2.87. The lowest BCUT2D eigenvalue weighted by atomic mass is 10.0. The van der Waals surface area contributed by atoms with Crippen molar-refractivity contribution in [3.05, 3.63) is 81.1 Å². The molecule has 1 aliphatic rings. The molecule has 1 fully saturated rings. The minimum Gasteiger partial charge on any atom is -0.480 e. The van der Waals surface area contributed by atoms with Crippen LogP contribution >= 0.6 is 0 Å². The van der Waals surface area contributed by atoms with Gasteiger partial charge in [-0.2, -0.15) is 0 Å². The fourth-order valence-electron chi connectivity index (χ4n) is 4.30. The Bertz CT molecular complexity index is 1180. The Kier molecular flexibility index (Phi) is 6.13. The van der Waals surface area contributed by atoms with Crippen LogP contribution in [0.25, 0.3) is 10.9 Å². The van der Waals surface area contributed by atoms with E-state index in [-0.39, 0.29) is 30.4 Å². The highest BCUT2D eigenvalue weighted by Gasteiger charge is 2.16. The van der Waals surface area contributed by atoms with Gasteiger partial charge in [-0.25, -0.2) is 8.78 Å².